The predicted octanol–water partition coefficient (Wildman–Crippen LogP) is 6.08. The molecule has 0 bridgehead atoms. The van der Waals surface area contributed by atoms with Crippen LogP contribution in [0.2, 0.25) is 0 Å². The first-order valence-corrected chi connectivity index (χ1v) is 17.3. The highest BCUT2D eigenvalue weighted by Crippen LogP contribution is 2.44. The minimum Gasteiger partial charge on any atom is -0.488 e. The minimum absolute atomic E-state index is 0.0290. The summed E-state index contributed by atoms with van der Waals surface area (Å²) in [7, 11) is 0. The van der Waals surface area contributed by atoms with Gasteiger partial charge in [0.1, 0.15) is 42.4 Å². The molecule has 0 radical (unpaired) electrons. The molecule has 11 heteroatoms. The van der Waals surface area contributed by atoms with E-state index in [0.717, 1.165) is 11.1 Å². The number of hydrogen-bond donors (Lipinski definition) is 2. The van der Waals surface area contributed by atoms with Gasteiger partial charge in [0.2, 0.25) is 0 Å². The maximum atomic E-state index is 13.5. The Morgan fingerprint density at radius 1 is 0.593 bits per heavy atom. The zero-order valence-electron chi connectivity index (χ0n) is 29.1. The first-order valence-electron chi connectivity index (χ1n) is 17.3. The van der Waals surface area contributed by atoms with E-state index in [1.807, 2.05) is 60.7 Å². The second-order valence-corrected chi connectivity index (χ2v) is 13.1. The molecule has 2 heterocycles. The van der Waals surface area contributed by atoms with Gasteiger partial charge < -0.3 is 33.9 Å². The topological polar surface area (TPSA) is 155 Å². The van der Waals surface area contributed by atoms with Crippen LogP contribution in [-0.2, 0) is 38.6 Å². The Hall–Kier alpha value is -6.30. The third kappa shape index (κ3) is 7.06. The maximum Gasteiger partial charge on any atom is 0.343 e. The molecule has 11 nitrogen and oxygen atoms in total. The summed E-state index contributed by atoms with van der Waals surface area (Å²) >= 11 is 0. The van der Waals surface area contributed by atoms with E-state index in [1.54, 1.807) is 36.4 Å². The molecule has 0 saturated heterocycles. The molecule has 2 N–H and O–H groups in total. The third-order valence-electron chi connectivity index (χ3n) is 9.62. The van der Waals surface area contributed by atoms with Gasteiger partial charge in [0.15, 0.2) is 17.0 Å². The van der Waals surface area contributed by atoms with Crippen LogP contribution in [0, 0.1) is 0 Å². The first-order chi connectivity index (χ1) is 26.3. The Bertz CT molecular complexity index is 2050. The first kappa shape index (κ1) is 36.1. The molecule has 0 fully saturated rings. The van der Waals surface area contributed by atoms with E-state index in [0.29, 0.717) is 16.9 Å². The van der Waals surface area contributed by atoms with Gasteiger partial charge >= 0.3 is 17.9 Å². The minimum atomic E-state index is -1.66. The molecule has 0 unspecified atom stereocenters. The van der Waals surface area contributed by atoms with Crippen molar-refractivity contribution >= 4 is 23.7 Å². The Morgan fingerprint density at radius 2 is 1.09 bits per heavy atom. The Balaban J connectivity index is 1.01. The van der Waals surface area contributed by atoms with Crippen LogP contribution in [0.15, 0.2) is 121 Å². The number of carbonyl (C=O) groups excluding carboxylic acids is 4. The number of fused-ring (bicyclic) bond motifs is 2. The van der Waals surface area contributed by atoms with E-state index in [4.69, 9.17) is 23.7 Å². The van der Waals surface area contributed by atoms with Gasteiger partial charge in [-0.25, -0.2) is 14.4 Å². The van der Waals surface area contributed by atoms with Crippen LogP contribution in [-0.4, -0.2) is 53.7 Å². The van der Waals surface area contributed by atoms with Crippen molar-refractivity contribution in [3.8, 4) is 11.5 Å². The van der Waals surface area contributed by atoms with Gasteiger partial charge in [-0.1, -0.05) is 97.1 Å². The number of cyclic esters (lactones) is 2. The van der Waals surface area contributed by atoms with Gasteiger partial charge in [0, 0.05) is 29.5 Å². The number of rotatable bonds is 15. The summed E-state index contributed by atoms with van der Waals surface area (Å²) < 4.78 is 28.8. The molecule has 0 spiro atoms. The van der Waals surface area contributed by atoms with Crippen molar-refractivity contribution in [1.82, 2.24) is 0 Å². The Labute approximate surface area is 310 Å². The van der Waals surface area contributed by atoms with Gasteiger partial charge in [0.05, 0.1) is 18.8 Å². The van der Waals surface area contributed by atoms with Crippen LogP contribution in [0.5, 0.6) is 11.5 Å². The van der Waals surface area contributed by atoms with E-state index in [9.17, 15) is 29.4 Å². The van der Waals surface area contributed by atoms with Crippen molar-refractivity contribution in [3.63, 3.8) is 0 Å². The van der Waals surface area contributed by atoms with Crippen LogP contribution < -0.4 is 9.47 Å². The molecule has 274 valence electrons. The normalized spacial score (nSPS) is 18.3. The maximum absolute atomic E-state index is 13.5. The lowest BCUT2D eigenvalue weighted by atomic mass is 9.87. The van der Waals surface area contributed by atoms with E-state index >= 15 is 0 Å². The summed E-state index contributed by atoms with van der Waals surface area (Å²) in [5.74, 6) is -1.99. The fraction of sp³-hybridized carbons (Fsp3) is 0.209. The number of benzene rings is 5. The zero-order valence-corrected chi connectivity index (χ0v) is 29.1. The lowest BCUT2D eigenvalue weighted by molar-refractivity contribution is -0.0743. The van der Waals surface area contributed by atoms with E-state index in [2.05, 4.69) is 0 Å². The van der Waals surface area contributed by atoms with Crippen LogP contribution in [0.1, 0.15) is 76.5 Å². The average Bonchev–Trinajstić information content (AvgIpc) is 3.68. The monoisotopic (exact) mass is 728 g/mol. The lowest BCUT2D eigenvalue weighted by Crippen LogP contribution is -2.37. The van der Waals surface area contributed by atoms with E-state index in [1.165, 1.54) is 24.3 Å². The third-order valence-corrected chi connectivity index (χ3v) is 9.62. The van der Waals surface area contributed by atoms with Gasteiger partial charge in [-0.3, -0.25) is 4.79 Å². The molecule has 0 aliphatic carbocycles. The smallest absolute Gasteiger partial charge is 0.343 e. The van der Waals surface area contributed by atoms with Crippen LogP contribution >= 0.6 is 0 Å². The second kappa shape index (κ2) is 15.4. The number of Topliss-reactive ketones (excluding diaryl/α,β-unsaturated/α-hetero) is 1. The highest BCUT2D eigenvalue weighted by Gasteiger charge is 2.49. The second-order valence-electron chi connectivity index (χ2n) is 13.1. The fourth-order valence-electron chi connectivity index (χ4n) is 6.72. The van der Waals surface area contributed by atoms with E-state index in [-0.39, 0.29) is 59.8 Å². The predicted molar refractivity (Wildman–Crippen MR) is 193 cm³/mol. The largest absolute Gasteiger partial charge is 0.488 e. The van der Waals surface area contributed by atoms with Gasteiger partial charge in [-0.2, -0.15) is 0 Å². The summed E-state index contributed by atoms with van der Waals surface area (Å²) in [6.45, 7) is -1.30. The molecule has 2 atom stereocenters. The zero-order chi connectivity index (χ0) is 37.7. The van der Waals surface area contributed by atoms with Crippen molar-refractivity contribution < 1.29 is 53.1 Å². The number of aliphatic hydroxyl groups is 2. The Kier molecular flexibility index (Phi) is 10.3. The molecule has 0 amide bonds. The molecule has 2 aliphatic heterocycles. The molecule has 7 rings (SSSR count). The Morgan fingerprint density at radius 3 is 1.65 bits per heavy atom. The number of carbonyl (C=O) groups is 4. The number of aliphatic hydroxyl groups excluding tert-OH is 2. The molecule has 54 heavy (non-hydrogen) atoms. The van der Waals surface area contributed by atoms with E-state index < -0.39 is 48.9 Å². The lowest BCUT2D eigenvalue weighted by Gasteiger charge is -2.26. The number of ether oxygens (including phenoxy) is 5. The van der Waals surface area contributed by atoms with Gasteiger partial charge in [-0.05, 0) is 35.4 Å². The number of ketones is 1. The van der Waals surface area contributed by atoms with Crippen LogP contribution in [0.25, 0.3) is 0 Å². The highest BCUT2D eigenvalue weighted by molar-refractivity contribution is 6.00. The number of hydrogen-bond acceptors (Lipinski definition) is 11. The summed E-state index contributed by atoms with van der Waals surface area (Å²) in [4.78, 5) is 52.9. The van der Waals surface area contributed by atoms with Crippen LogP contribution in [0.4, 0.5) is 0 Å². The summed E-state index contributed by atoms with van der Waals surface area (Å²) in [6, 6.07) is 34.7. The number of esters is 3. The molecule has 0 aromatic heterocycles. The molecular formula is C43H36O11. The van der Waals surface area contributed by atoms with Gasteiger partial charge in [0.25, 0.3) is 0 Å². The fourth-order valence-corrected chi connectivity index (χ4v) is 6.72. The molecule has 2 aliphatic rings. The summed E-state index contributed by atoms with van der Waals surface area (Å²) in [5.41, 5.74) is -0.0112. The molecule has 5 aromatic rings. The molecule has 5 aromatic carbocycles. The SMILES string of the molecule is O=C(CC[C@@]1(CO)OC(=O)c2c(OCc3ccccc3)cccc21)c1cccc(C(=O)OC[C@@]2(CO)OC(=O)c3c(OCc4ccccc4)cccc32)c1. The van der Waals surface area contributed by atoms with Crippen LogP contribution in [0.3, 0.4) is 0 Å². The highest BCUT2D eigenvalue weighted by atomic mass is 16.6. The van der Waals surface area contributed by atoms with Crippen molar-refractivity contribution in [2.24, 2.45) is 0 Å². The summed E-state index contributed by atoms with van der Waals surface area (Å²) in [6.07, 6.45) is -0.158. The molecular weight excluding hydrogens is 692 g/mol. The van der Waals surface area contributed by atoms with Crippen molar-refractivity contribution in [3.05, 3.63) is 166 Å². The molecule has 0 saturated carbocycles. The standard InChI is InChI=1S/C43H36O11/c44-25-42(32-16-8-18-35(37(32)40(48)53-42)50-23-28-10-3-1-4-11-28)21-20-34(46)30-14-7-15-31(22-30)39(47)52-27-43(26-45)33-17-9-19-36(38(33)41(49)54-43)51-24-29-12-5-2-6-13-29/h1-19,22,44-45H,20-21,23-27H2/t42-,43+/m0/s1. The quantitative estimate of drug-likeness (QED) is 0.0732. The van der Waals surface area contributed by atoms with Gasteiger partial charge in [-0.15, -0.1) is 0 Å². The van der Waals surface area contributed by atoms with Crippen molar-refractivity contribution in [2.45, 2.75) is 37.3 Å². The average molecular weight is 729 g/mol. The van der Waals surface area contributed by atoms with Crippen molar-refractivity contribution in [1.29, 1.82) is 0 Å². The van der Waals surface area contributed by atoms with Crippen molar-refractivity contribution in [2.75, 3.05) is 19.8 Å². The summed E-state index contributed by atoms with van der Waals surface area (Å²) in [5, 5.41) is 20.9.